The molecule has 0 spiro atoms. The average molecular weight is 270 g/mol. The lowest BCUT2D eigenvalue weighted by Gasteiger charge is -2.13. The number of para-hydroxylation sites is 1. The number of aromatic nitrogens is 1. The molecule has 0 saturated heterocycles. The van der Waals surface area contributed by atoms with Gasteiger partial charge in [0.2, 0.25) is 0 Å². The van der Waals surface area contributed by atoms with Gasteiger partial charge in [-0.3, -0.25) is 4.98 Å². The molecule has 0 bridgehead atoms. The lowest BCUT2D eigenvalue weighted by molar-refractivity contribution is -0.109. The highest BCUT2D eigenvalue weighted by molar-refractivity contribution is 5.79. The first-order valence-corrected chi connectivity index (χ1v) is 7.38. The summed E-state index contributed by atoms with van der Waals surface area (Å²) in [6.45, 7) is 3.07. The highest BCUT2D eigenvalue weighted by Crippen LogP contribution is 2.17. The normalized spacial score (nSPS) is 12.4. The Balaban J connectivity index is 2.00. The second-order valence-corrected chi connectivity index (χ2v) is 5.09. The van der Waals surface area contributed by atoms with Gasteiger partial charge in [-0.15, -0.1) is 0 Å². The summed E-state index contributed by atoms with van der Waals surface area (Å²) >= 11 is 0. The van der Waals surface area contributed by atoms with Gasteiger partial charge < -0.3 is 10.1 Å². The first-order chi connectivity index (χ1) is 9.85. The molecule has 0 amide bonds. The number of nitrogens with zero attached hydrogens (tertiary/aromatic N) is 1. The summed E-state index contributed by atoms with van der Waals surface area (Å²) in [5.74, 6) is 0. The van der Waals surface area contributed by atoms with Gasteiger partial charge in [-0.1, -0.05) is 44.4 Å². The average Bonchev–Trinajstić information content (AvgIpc) is 2.50. The van der Waals surface area contributed by atoms with Crippen LogP contribution in [0.3, 0.4) is 0 Å². The van der Waals surface area contributed by atoms with Crippen LogP contribution in [0.1, 0.15) is 44.2 Å². The molecule has 106 valence electrons. The fraction of sp³-hybridized carbons (Fsp3) is 0.412. The summed E-state index contributed by atoms with van der Waals surface area (Å²) < 4.78 is 0. The van der Waals surface area contributed by atoms with Crippen LogP contribution in [0.2, 0.25) is 0 Å². The number of pyridine rings is 1. The molecule has 1 N–H and O–H groups in total. The molecule has 3 heteroatoms. The molecule has 2 rings (SSSR count). The Labute approximate surface area is 120 Å². The van der Waals surface area contributed by atoms with E-state index in [1.54, 1.807) is 6.20 Å². The molecule has 2 aromatic rings. The molecule has 1 unspecified atom stereocenters. The smallest absolute Gasteiger partial charge is 0.141 e. The Kier molecular flexibility index (Phi) is 5.69. The number of hydrogen-bond acceptors (Lipinski definition) is 3. The maximum absolute atomic E-state index is 11.3. The van der Waals surface area contributed by atoms with Crippen LogP contribution in [-0.2, 0) is 4.79 Å². The van der Waals surface area contributed by atoms with Crippen molar-refractivity contribution in [2.24, 2.45) is 0 Å². The zero-order chi connectivity index (χ0) is 14.2. The van der Waals surface area contributed by atoms with Crippen molar-refractivity contribution >= 4 is 17.2 Å². The van der Waals surface area contributed by atoms with Crippen LogP contribution in [-0.4, -0.2) is 17.8 Å². The van der Waals surface area contributed by atoms with Gasteiger partial charge in [-0.2, -0.15) is 0 Å². The zero-order valence-electron chi connectivity index (χ0n) is 12.0. The Morgan fingerprint density at radius 1 is 1.25 bits per heavy atom. The van der Waals surface area contributed by atoms with E-state index in [0.29, 0.717) is 0 Å². The zero-order valence-corrected chi connectivity index (χ0v) is 12.0. The SMILES string of the molecule is CCCCCCNC(C=O)c1cnc2ccccc2c1. The monoisotopic (exact) mass is 270 g/mol. The first kappa shape index (κ1) is 14.7. The van der Waals surface area contributed by atoms with Crippen molar-refractivity contribution in [3.05, 3.63) is 42.1 Å². The number of nitrogens with one attached hydrogen (secondary N) is 1. The molecule has 0 fully saturated rings. The lowest BCUT2D eigenvalue weighted by Crippen LogP contribution is -2.23. The number of aldehydes is 1. The second kappa shape index (κ2) is 7.75. The van der Waals surface area contributed by atoms with E-state index in [1.807, 2.05) is 30.3 Å². The summed E-state index contributed by atoms with van der Waals surface area (Å²) in [5.41, 5.74) is 1.90. The van der Waals surface area contributed by atoms with E-state index >= 15 is 0 Å². The predicted molar refractivity (Wildman–Crippen MR) is 82.7 cm³/mol. The first-order valence-electron chi connectivity index (χ1n) is 7.38. The Hall–Kier alpha value is -1.74. The van der Waals surface area contributed by atoms with Crippen molar-refractivity contribution in [2.45, 2.75) is 38.6 Å². The molecular formula is C17H22N2O. The van der Waals surface area contributed by atoms with Crippen molar-refractivity contribution in [3.63, 3.8) is 0 Å². The molecular weight excluding hydrogens is 248 g/mol. The van der Waals surface area contributed by atoms with Gasteiger partial charge in [0, 0.05) is 11.6 Å². The molecule has 1 aromatic carbocycles. The third kappa shape index (κ3) is 3.87. The van der Waals surface area contributed by atoms with Gasteiger partial charge in [-0.25, -0.2) is 0 Å². The van der Waals surface area contributed by atoms with E-state index in [-0.39, 0.29) is 6.04 Å². The van der Waals surface area contributed by atoms with Crippen LogP contribution < -0.4 is 5.32 Å². The second-order valence-electron chi connectivity index (χ2n) is 5.09. The minimum Gasteiger partial charge on any atom is -0.304 e. The van der Waals surface area contributed by atoms with E-state index in [2.05, 4.69) is 17.2 Å². The van der Waals surface area contributed by atoms with E-state index in [4.69, 9.17) is 0 Å². The quantitative estimate of drug-likeness (QED) is 0.588. The fourth-order valence-corrected chi connectivity index (χ4v) is 2.31. The minimum atomic E-state index is -0.256. The van der Waals surface area contributed by atoms with Gasteiger partial charge >= 0.3 is 0 Å². The topological polar surface area (TPSA) is 42.0 Å². The summed E-state index contributed by atoms with van der Waals surface area (Å²) in [6.07, 6.45) is 7.56. The summed E-state index contributed by atoms with van der Waals surface area (Å²) in [6, 6.07) is 9.75. The third-order valence-corrected chi connectivity index (χ3v) is 3.50. The molecule has 1 aromatic heterocycles. The molecule has 3 nitrogen and oxygen atoms in total. The van der Waals surface area contributed by atoms with Crippen molar-refractivity contribution in [3.8, 4) is 0 Å². The van der Waals surface area contributed by atoms with E-state index in [9.17, 15) is 4.79 Å². The van der Waals surface area contributed by atoms with Crippen molar-refractivity contribution in [1.29, 1.82) is 0 Å². The fourth-order valence-electron chi connectivity index (χ4n) is 2.31. The van der Waals surface area contributed by atoms with Crippen molar-refractivity contribution < 1.29 is 4.79 Å². The van der Waals surface area contributed by atoms with E-state index < -0.39 is 0 Å². The third-order valence-electron chi connectivity index (χ3n) is 3.50. The van der Waals surface area contributed by atoms with E-state index in [0.717, 1.165) is 35.7 Å². The van der Waals surface area contributed by atoms with Crippen molar-refractivity contribution in [2.75, 3.05) is 6.54 Å². The highest BCUT2D eigenvalue weighted by Gasteiger charge is 2.10. The Morgan fingerprint density at radius 2 is 2.10 bits per heavy atom. The van der Waals surface area contributed by atoms with Gasteiger partial charge in [0.05, 0.1) is 11.6 Å². The minimum absolute atomic E-state index is 0.256. The number of hydrogen-bond donors (Lipinski definition) is 1. The van der Waals surface area contributed by atoms with E-state index in [1.165, 1.54) is 19.3 Å². The maximum atomic E-state index is 11.3. The standard InChI is InChI=1S/C17H22N2O/c1-2-3-4-7-10-18-17(13-20)15-11-14-8-5-6-9-16(14)19-12-15/h5-6,8-9,11-13,17-18H,2-4,7,10H2,1H3. The van der Waals surface area contributed by atoms with Crippen LogP contribution in [0.4, 0.5) is 0 Å². The number of benzene rings is 1. The molecule has 0 aliphatic carbocycles. The Bertz CT molecular complexity index is 553. The van der Waals surface area contributed by atoms with Crippen LogP contribution in [0.25, 0.3) is 10.9 Å². The number of carbonyl (C=O) groups is 1. The summed E-state index contributed by atoms with van der Waals surface area (Å²) in [5, 5.41) is 4.37. The molecule has 0 saturated carbocycles. The molecule has 1 atom stereocenters. The predicted octanol–water partition coefficient (Wildman–Crippen LogP) is 3.64. The van der Waals surface area contributed by atoms with Crippen LogP contribution in [0, 0.1) is 0 Å². The molecule has 0 aliphatic rings. The van der Waals surface area contributed by atoms with Crippen LogP contribution >= 0.6 is 0 Å². The molecule has 0 aliphatic heterocycles. The number of unbranched alkanes of at least 4 members (excludes halogenated alkanes) is 3. The number of carbonyl (C=O) groups excluding carboxylic acids is 1. The lowest BCUT2D eigenvalue weighted by atomic mass is 10.1. The largest absolute Gasteiger partial charge is 0.304 e. The van der Waals surface area contributed by atoms with Gasteiger partial charge in [0.15, 0.2) is 0 Å². The highest BCUT2D eigenvalue weighted by atomic mass is 16.1. The molecule has 20 heavy (non-hydrogen) atoms. The number of fused-ring (bicyclic) bond motifs is 1. The molecule has 0 radical (unpaired) electrons. The summed E-state index contributed by atoms with van der Waals surface area (Å²) in [7, 11) is 0. The van der Waals surface area contributed by atoms with Gasteiger partial charge in [0.25, 0.3) is 0 Å². The molecule has 1 heterocycles. The van der Waals surface area contributed by atoms with Gasteiger partial charge in [0.1, 0.15) is 6.29 Å². The van der Waals surface area contributed by atoms with Gasteiger partial charge in [-0.05, 0) is 30.7 Å². The maximum Gasteiger partial charge on any atom is 0.141 e. The van der Waals surface area contributed by atoms with Crippen LogP contribution in [0.15, 0.2) is 36.5 Å². The Morgan fingerprint density at radius 3 is 2.90 bits per heavy atom. The van der Waals surface area contributed by atoms with Crippen LogP contribution in [0.5, 0.6) is 0 Å². The summed E-state index contributed by atoms with van der Waals surface area (Å²) in [4.78, 5) is 15.7. The van der Waals surface area contributed by atoms with Crippen molar-refractivity contribution in [1.82, 2.24) is 10.3 Å². The number of rotatable bonds is 8.